The lowest BCUT2D eigenvalue weighted by molar-refractivity contribution is -0.135. The summed E-state index contributed by atoms with van der Waals surface area (Å²) >= 11 is 0. The van der Waals surface area contributed by atoms with Crippen molar-refractivity contribution in [3.8, 4) is 11.5 Å². The molecule has 0 amide bonds. The number of carbonyl (C=O) groups is 2. The van der Waals surface area contributed by atoms with Gasteiger partial charge in [0, 0.05) is 19.0 Å². The summed E-state index contributed by atoms with van der Waals surface area (Å²) in [5, 5.41) is 32.4. The van der Waals surface area contributed by atoms with E-state index in [0.29, 0.717) is 44.0 Å². The Bertz CT molecular complexity index is 1200. The minimum Gasteiger partial charge on any atom is -0.508 e. The monoisotopic (exact) mass is 523 g/mol. The van der Waals surface area contributed by atoms with Crippen molar-refractivity contribution in [1.82, 2.24) is 5.32 Å². The van der Waals surface area contributed by atoms with Gasteiger partial charge in [0.25, 0.3) is 0 Å². The van der Waals surface area contributed by atoms with E-state index in [1.165, 1.54) is 13.0 Å². The predicted molar refractivity (Wildman–Crippen MR) is 140 cm³/mol. The summed E-state index contributed by atoms with van der Waals surface area (Å²) in [4.78, 5) is 22.8. The number of carbonyl (C=O) groups excluding carboxylic acids is 2. The largest absolute Gasteiger partial charge is 0.508 e. The van der Waals surface area contributed by atoms with Crippen molar-refractivity contribution in [3.63, 3.8) is 0 Å². The van der Waals surface area contributed by atoms with E-state index >= 15 is 0 Å². The van der Waals surface area contributed by atoms with Crippen LogP contribution in [-0.2, 0) is 33.9 Å². The molecular weight excluding hydrogens is 490 g/mol. The summed E-state index contributed by atoms with van der Waals surface area (Å²) in [5.74, 6) is -0.610. The molecule has 0 bridgehead atoms. The number of aliphatic hydroxyl groups excluding tert-OH is 2. The Morgan fingerprint density at radius 2 is 1.76 bits per heavy atom. The van der Waals surface area contributed by atoms with Gasteiger partial charge in [0.2, 0.25) is 0 Å². The smallest absolute Gasteiger partial charge is 0.345 e. The second kappa shape index (κ2) is 14.8. The van der Waals surface area contributed by atoms with E-state index in [0.717, 1.165) is 23.3 Å². The Hall–Kier alpha value is -3.76. The second-order valence-corrected chi connectivity index (χ2v) is 8.64. The van der Waals surface area contributed by atoms with Gasteiger partial charge in [-0.1, -0.05) is 30.3 Å². The lowest BCUT2D eigenvalue weighted by atomic mass is 10.1. The molecule has 0 aliphatic carbocycles. The number of aromatic hydroxyl groups is 1. The van der Waals surface area contributed by atoms with Gasteiger partial charge < -0.3 is 34.8 Å². The fourth-order valence-electron chi connectivity index (χ4n) is 3.67. The lowest BCUT2D eigenvalue weighted by Crippen LogP contribution is -2.23. The van der Waals surface area contributed by atoms with Crippen LogP contribution in [-0.4, -0.2) is 53.6 Å². The Morgan fingerprint density at radius 3 is 2.50 bits per heavy atom. The molecule has 4 N–H and O–H groups in total. The molecule has 3 aromatic rings. The summed E-state index contributed by atoms with van der Waals surface area (Å²) in [6.45, 7) is 2.93. The first-order valence-electron chi connectivity index (χ1n) is 12.3. The molecule has 0 spiro atoms. The molecule has 202 valence electrons. The van der Waals surface area contributed by atoms with E-state index in [2.05, 4.69) is 10.1 Å². The third kappa shape index (κ3) is 9.28. The number of esters is 2. The van der Waals surface area contributed by atoms with Crippen molar-refractivity contribution < 1.29 is 39.1 Å². The SMILES string of the molecule is CC(=O)OC(=O)c1cccc(COCCOc2ccc(CCNC[C@@H](O)c3ccc(O)c(CO)c3)cc2)c1. The minimum absolute atomic E-state index is 0.00920. The van der Waals surface area contributed by atoms with E-state index in [1.54, 1.807) is 30.3 Å². The van der Waals surface area contributed by atoms with E-state index < -0.39 is 18.0 Å². The average molecular weight is 524 g/mol. The fraction of sp³-hybridized carbons (Fsp3) is 0.310. The van der Waals surface area contributed by atoms with Crippen LogP contribution in [0.4, 0.5) is 0 Å². The van der Waals surface area contributed by atoms with Crippen molar-refractivity contribution in [3.05, 3.63) is 94.5 Å². The second-order valence-electron chi connectivity index (χ2n) is 8.64. The van der Waals surface area contributed by atoms with Gasteiger partial charge in [0.15, 0.2) is 0 Å². The maximum Gasteiger partial charge on any atom is 0.345 e. The number of rotatable bonds is 14. The van der Waals surface area contributed by atoms with Gasteiger partial charge in [-0.25, -0.2) is 4.79 Å². The molecule has 3 aromatic carbocycles. The number of nitrogens with one attached hydrogen (secondary N) is 1. The first-order chi connectivity index (χ1) is 18.4. The van der Waals surface area contributed by atoms with Crippen molar-refractivity contribution in [2.24, 2.45) is 0 Å². The molecule has 0 aromatic heterocycles. The predicted octanol–water partition coefficient (Wildman–Crippen LogP) is 3.05. The number of ether oxygens (including phenoxy) is 3. The Morgan fingerprint density at radius 1 is 0.974 bits per heavy atom. The van der Waals surface area contributed by atoms with E-state index in [9.17, 15) is 24.9 Å². The highest BCUT2D eigenvalue weighted by Crippen LogP contribution is 2.22. The molecule has 0 aliphatic heterocycles. The standard InChI is InChI=1S/C29H33NO8/c1-20(32)38-29(35)24-4-2-3-22(15-24)19-36-13-14-37-26-8-5-21(6-9-26)11-12-30-17-28(34)23-7-10-27(33)25(16-23)18-31/h2-10,15-16,28,30-31,33-34H,11-14,17-19H2,1H3/t28-/m1/s1. The van der Waals surface area contributed by atoms with Gasteiger partial charge in [-0.2, -0.15) is 0 Å². The van der Waals surface area contributed by atoms with Crippen LogP contribution in [0.3, 0.4) is 0 Å². The van der Waals surface area contributed by atoms with Crippen molar-refractivity contribution in [1.29, 1.82) is 0 Å². The lowest BCUT2D eigenvalue weighted by Gasteiger charge is -2.14. The van der Waals surface area contributed by atoms with Gasteiger partial charge in [-0.15, -0.1) is 0 Å². The third-order valence-corrected chi connectivity index (χ3v) is 5.67. The maximum atomic E-state index is 11.8. The van der Waals surface area contributed by atoms with Crippen molar-refractivity contribution >= 4 is 11.9 Å². The van der Waals surface area contributed by atoms with Crippen LogP contribution >= 0.6 is 0 Å². The van der Waals surface area contributed by atoms with Crippen molar-refractivity contribution in [2.75, 3.05) is 26.3 Å². The van der Waals surface area contributed by atoms with Crippen molar-refractivity contribution in [2.45, 2.75) is 32.7 Å². The summed E-state index contributed by atoms with van der Waals surface area (Å²) in [6.07, 6.45) is 0.0261. The topological polar surface area (TPSA) is 135 Å². The summed E-state index contributed by atoms with van der Waals surface area (Å²) in [6, 6.07) is 19.2. The highest BCUT2D eigenvalue weighted by molar-refractivity contribution is 5.96. The highest BCUT2D eigenvalue weighted by Gasteiger charge is 2.11. The zero-order valence-corrected chi connectivity index (χ0v) is 21.3. The van der Waals surface area contributed by atoms with Crippen LogP contribution in [0.25, 0.3) is 0 Å². The zero-order chi connectivity index (χ0) is 27.3. The van der Waals surface area contributed by atoms with Crippen LogP contribution in [0, 0.1) is 0 Å². The average Bonchev–Trinajstić information content (AvgIpc) is 2.91. The van der Waals surface area contributed by atoms with Crippen LogP contribution in [0.15, 0.2) is 66.7 Å². The normalized spacial score (nSPS) is 11.7. The quantitative estimate of drug-likeness (QED) is 0.143. The third-order valence-electron chi connectivity index (χ3n) is 5.67. The molecule has 0 radical (unpaired) electrons. The molecule has 0 heterocycles. The number of aliphatic hydroxyl groups is 2. The maximum absolute atomic E-state index is 11.8. The van der Waals surface area contributed by atoms with Gasteiger partial charge >= 0.3 is 11.9 Å². The fourth-order valence-corrected chi connectivity index (χ4v) is 3.67. The molecule has 9 heteroatoms. The van der Waals surface area contributed by atoms with Crippen LogP contribution in [0.2, 0.25) is 0 Å². The summed E-state index contributed by atoms with van der Waals surface area (Å²) in [7, 11) is 0. The molecule has 1 atom stereocenters. The number of benzene rings is 3. The van der Waals surface area contributed by atoms with Crippen LogP contribution in [0.1, 0.15) is 45.6 Å². The molecule has 0 unspecified atom stereocenters. The highest BCUT2D eigenvalue weighted by atomic mass is 16.6. The summed E-state index contributed by atoms with van der Waals surface area (Å²) < 4.78 is 15.9. The van der Waals surface area contributed by atoms with Gasteiger partial charge in [-0.3, -0.25) is 4.79 Å². The molecule has 0 aliphatic rings. The van der Waals surface area contributed by atoms with E-state index in [1.807, 2.05) is 30.3 Å². The molecule has 3 rings (SSSR count). The van der Waals surface area contributed by atoms with Gasteiger partial charge in [0.1, 0.15) is 18.1 Å². The first kappa shape index (κ1) is 28.8. The number of hydrogen-bond acceptors (Lipinski definition) is 9. The summed E-state index contributed by atoms with van der Waals surface area (Å²) in [5.41, 5.74) is 3.21. The van der Waals surface area contributed by atoms with Gasteiger partial charge in [0.05, 0.1) is 31.5 Å². The van der Waals surface area contributed by atoms with E-state index in [-0.39, 0.29) is 17.9 Å². The Kier molecular flexibility index (Phi) is 11.3. The zero-order valence-electron chi connectivity index (χ0n) is 21.3. The Balaban J connectivity index is 1.32. The molecular formula is C29H33NO8. The van der Waals surface area contributed by atoms with Crippen LogP contribution < -0.4 is 10.1 Å². The molecule has 38 heavy (non-hydrogen) atoms. The minimum atomic E-state index is -0.744. The number of phenols is 1. The van der Waals surface area contributed by atoms with E-state index in [4.69, 9.17) is 9.47 Å². The van der Waals surface area contributed by atoms with Gasteiger partial charge in [-0.05, 0) is 66.1 Å². The van der Waals surface area contributed by atoms with Crippen LogP contribution in [0.5, 0.6) is 11.5 Å². The molecule has 0 fully saturated rings. The molecule has 0 saturated heterocycles. The molecule has 9 nitrogen and oxygen atoms in total. The molecule has 0 saturated carbocycles. The Labute approximate surface area is 221 Å². The first-order valence-corrected chi connectivity index (χ1v) is 12.3. The number of hydrogen-bond donors (Lipinski definition) is 4.